The van der Waals surface area contributed by atoms with Gasteiger partial charge in [0.25, 0.3) is 0 Å². The predicted molar refractivity (Wildman–Crippen MR) is 50.7 cm³/mol. The summed E-state index contributed by atoms with van der Waals surface area (Å²) in [6, 6.07) is 1.25. The Labute approximate surface area is 65.9 Å². The summed E-state index contributed by atoms with van der Waals surface area (Å²) < 4.78 is 0. The molecule has 0 saturated carbocycles. The van der Waals surface area contributed by atoms with Gasteiger partial charge in [-0.15, -0.1) is 13.2 Å². The standard InChI is InChI=1S/C8H17NSi/c1-3-8(4-2)6-5-7-10-9/h3-4,8H,1-2,5-7,9-10H2. The van der Waals surface area contributed by atoms with Crippen molar-refractivity contribution in [2.75, 3.05) is 0 Å². The molecular formula is C8H17NSi. The van der Waals surface area contributed by atoms with E-state index in [4.69, 9.17) is 5.40 Å². The van der Waals surface area contributed by atoms with Crippen molar-refractivity contribution in [1.82, 2.24) is 0 Å². The fourth-order valence-electron chi connectivity index (χ4n) is 0.856. The highest BCUT2D eigenvalue weighted by atomic mass is 28.2. The van der Waals surface area contributed by atoms with E-state index >= 15 is 0 Å². The lowest BCUT2D eigenvalue weighted by Crippen LogP contribution is -2.03. The van der Waals surface area contributed by atoms with Crippen LogP contribution in [0.2, 0.25) is 6.04 Å². The Bertz CT molecular complexity index is 93.4. The maximum absolute atomic E-state index is 5.48. The Kier molecular flexibility index (Phi) is 6.54. The molecule has 0 rings (SSSR count). The molecule has 0 bridgehead atoms. The van der Waals surface area contributed by atoms with Crippen LogP contribution >= 0.6 is 0 Å². The average molecular weight is 155 g/mol. The lowest BCUT2D eigenvalue weighted by atomic mass is 10.1. The van der Waals surface area contributed by atoms with Gasteiger partial charge < -0.3 is 5.40 Å². The molecule has 2 N–H and O–H groups in total. The number of nitrogens with two attached hydrogens (primary N) is 1. The van der Waals surface area contributed by atoms with Gasteiger partial charge in [0.15, 0.2) is 0 Å². The third-order valence-electron chi connectivity index (χ3n) is 1.60. The zero-order valence-electron chi connectivity index (χ0n) is 6.55. The second kappa shape index (κ2) is 6.77. The van der Waals surface area contributed by atoms with Gasteiger partial charge in [-0.2, -0.15) is 0 Å². The van der Waals surface area contributed by atoms with Crippen LogP contribution in [0.15, 0.2) is 25.3 Å². The molecule has 0 amide bonds. The van der Waals surface area contributed by atoms with E-state index in [0.717, 1.165) is 0 Å². The zero-order chi connectivity index (χ0) is 7.82. The molecule has 0 aliphatic heterocycles. The van der Waals surface area contributed by atoms with Gasteiger partial charge in [0.05, 0.1) is 9.68 Å². The Balaban J connectivity index is 3.25. The van der Waals surface area contributed by atoms with Crippen molar-refractivity contribution >= 4 is 9.68 Å². The molecule has 58 valence electrons. The van der Waals surface area contributed by atoms with E-state index in [-0.39, 0.29) is 9.68 Å². The molecule has 0 aliphatic carbocycles. The van der Waals surface area contributed by atoms with Crippen LogP contribution in [-0.4, -0.2) is 9.68 Å². The summed E-state index contributed by atoms with van der Waals surface area (Å²) in [5.41, 5.74) is 0. The van der Waals surface area contributed by atoms with E-state index in [1.54, 1.807) is 0 Å². The smallest absolute Gasteiger partial charge is 0.0887 e. The molecule has 0 heterocycles. The molecule has 0 aromatic rings. The third-order valence-corrected chi connectivity index (χ3v) is 2.51. The molecule has 0 spiro atoms. The summed E-state index contributed by atoms with van der Waals surface area (Å²) in [5.74, 6) is 0.501. The molecule has 0 aromatic heterocycles. The SMILES string of the molecule is C=CC(C=C)CCC[SiH2]N. The van der Waals surface area contributed by atoms with Gasteiger partial charge in [0, 0.05) is 0 Å². The number of hydrogen-bond donors (Lipinski definition) is 1. The summed E-state index contributed by atoms with van der Waals surface area (Å²) in [6.45, 7) is 7.44. The second-order valence-corrected chi connectivity index (χ2v) is 3.70. The van der Waals surface area contributed by atoms with Crippen molar-refractivity contribution in [2.45, 2.75) is 18.9 Å². The molecular weight excluding hydrogens is 138 g/mol. The zero-order valence-corrected chi connectivity index (χ0v) is 7.97. The van der Waals surface area contributed by atoms with Crippen molar-refractivity contribution in [3.05, 3.63) is 25.3 Å². The van der Waals surface area contributed by atoms with Crippen LogP contribution in [0, 0.1) is 5.92 Å². The van der Waals surface area contributed by atoms with Crippen molar-refractivity contribution < 1.29 is 0 Å². The molecule has 0 fully saturated rings. The topological polar surface area (TPSA) is 26.0 Å². The summed E-state index contributed by atoms with van der Waals surface area (Å²) >= 11 is 0. The molecule has 0 unspecified atom stereocenters. The van der Waals surface area contributed by atoms with Crippen LogP contribution in [0.25, 0.3) is 0 Å². The lowest BCUT2D eigenvalue weighted by molar-refractivity contribution is 0.691. The van der Waals surface area contributed by atoms with Gasteiger partial charge in [-0.3, -0.25) is 0 Å². The minimum absolute atomic E-state index is 0.213. The molecule has 0 radical (unpaired) electrons. The van der Waals surface area contributed by atoms with Gasteiger partial charge >= 0.3 is 0 Å². The van der Waals surface area contributed by atoms with E-state index in [1.807, 2.05) is 12.2 Å². The number of allylic oxidation sites excluding steroid dienone is 2. The Hall–Kier alpha value is -0.343. The summed E-state index contributed by atoms with van der Waals surface area (Å²) in [5, 5.41) is 5.48. The van der Waals surface area contributed by atoms with Gasteiger partial charge in [-0.05, 0) is 12.3 Å². The van der Waals surface area contributed by atoms with Gasteiger partial charge in [-0.1, -0.05) is 24.6 Å². The van der Waals surface area contributed by atoms with Gasteiger partial charge in [0.2, 0.25) is 0 Å². The lowest BCUT2D eigenvalue weighted by Gasteiger charge is -2.03. The van der Waals surface area contributed by atoms with Crippen LogP contribution in [0.4, 0.5) is 0 Å². The molecule has 1 nitrogen and oxygen atoms in total. The molecule has 0 aromatic carbocycles. The fraction of sp³-hybridized carbons (Fsp3) is 0.500. The Morgan fingerprint density at radius 2 is 2.00 bits per heavy atom. The maximum Gasteiger partial charge on any atom is 0.0887 e. The number of rotatable bonds is 6. The summed E-state index contributed by atoms with van der Waals surface area (Å²) in [7, 11) is -0.213. The first-order valence-corrected chi connectivity index (χ1v) is 5.62. The molecule has 2 heteroatoms. The van der Waals surface area contributed by atoms with E-state index in [0.29, 0.717) is 5.92 Å². The van der Waals surface area contributed by atoms with E-state index < -0.39 is 0 Å². The largest absolute Gasteiger partial charge is 0.356 e. The Morgan fingerprint density at radius 1 is 1.40 bits per heavy atom. The second-order valence-electron chi connectivity index (χ2n) is 2.42. The van der Waals surface area contributed by atoms with Gasteiger partial charge in [-0.25, -0.2) is 0 Å². The normalized spacial score (nSPS) is 11.0. The molecule has 0 atom stereocenters. The first-order chi connectivity index (χ1) is 4.85. The number of hydrogen-bond acceptors (Lipinski definition) is 1. The predicted octanol–water partition coefficient (Wildman–Crippen LogP) is 1.22. The fourth-order valence-corrected chi connectivity index (χ4v) is 1.43. The highest BCUT2D eigenvalue weighted by Crippen LogP contribution is 2.09. The monoisotopic (exact) mass is 155 g/mol. The van der Waals surface area contributed by atoms with E-state index in [1.165, 1.54) is 18.9 Å². The molecule has 0 saturated heterocycles. The maximum atomic E-state index is 5.48. The van der Waals surface area contributed by atoms with Gasteiger partial charge in [0.1, 0.15) is 0 Å². The third kappa shape index (κ3) is 4.53. The van der Waals surface area contributed by atoms with Crippen molar-refractivity contribution in [2.24, 2.45) is 11.3 Å². The minimum Gasteiger partial charge on any atom is -0.356 e. The highest BCUT2D eigenvalue weighted by molar-refractivity contribution is 6.30. The first kappa shape index (κ1) is 9.66. The van der Waals surface area contributed by atoms with Crippen molar-refractivity contribution in [3.8, 4) is 0 Å². The quantitative estimate of drug-likeness (QED) is 0.348. The van der Waals surface area contributed by atoms with E-state index in [2.05, 4.69) is 13.2 Å². The summed E-state index contributed by atoms with van der Waals surface area (Å²) in [4.78, 5) is 0. The van der Waals surface area contributed by atoms with Crippen LogP contribution in [0.1, 0.15) is 12.8 Å². The molecule has 0 aliphatic rings. The first-order valence-electron chi connectivity index (χ1n) is 3.80. The minimum atomic E-state index is -0.213. The van der Waals surface area contributed by atoms with Crippen LogP contribution in [0.5, 0.6) is 0 Å². The van der Waals surface area contributed by atoms with Crippen LogP contribution < -0.4 is 5.40 Å². The van der Waals surface area contributed by atoms with Crippen LogP contribution in [0.3, 0.4) is 0 Å². The Morgan fingerprint density at radius 3 is 2.40 bits per heavy atom. The van der Waals surface area contributed by atoms with E-state index in [9.17, 15) is 0 Å². The van der Waals surface area contributed by atoms with Crippen LogP contribution in [-0.2, 0) is 0 Å². The molecule has 10 heavy (non-hydrogen) atoms. The average Bonchev–Trinajstić information content (AvgIpc) is 1.99. The highest BCUT2D eigenvalue weighted by Gasteiger charge is 1.96. The summed E-state index contributed by atoms with van der Waals surface area (Å²) in [6.07, 6.45) is 6.32. The van der Waals surface area contributed by atoms with Crippen molar-refractivity contribution in [3.63, 3.8) is 0 Å². The van der Waals surface area contributed by atoms with Crippen molar-refractivity contribution in [1.29, 1.82) is 0 Å².